The highest BCUT2D eigenvalue weighted by Crippen LogP contribution is 2.19. The highest BCUT2D eigenvalue weighted by molar-refractivity contribution is 5.79. The summed E-state index contributed by atoms with van der Waals surface area (Å²) in [5.74, 6) is -1.07. The van der Waals surface area contributed by atoms with Gasteiger partial charge in [-0.25, -0.2) is 8.78 Å². The molecule has 1 unspecified atom stereocenters. The second kappa shape index (κ2) is 5.66. The maximum Gasteiger partial charge on any atom is 0.130 e. The fourth-order valence-corrected chi connectivity index (χ4v) is 2.44. The molecule has 0 spiro atoms. The monoisotopic (exact) mass is 286 g/mol. The quantitative estimate of drug-likeness (QED) is 0.735. The molecule has 1 aromatic heterocycles. The molecular weight excluding hydrogens is 270 g/mol. The number of nitrogens with one attached hydrogen (secondary N) is 2. The zero-order chi connectivity index (χ0) is 14.8. The van der Waals surface area contributed by atoms with Gasteiger partial charge in [-0.15, -0.1) is 0 Å². The highest BCUT2D eigenvalue weighted by atomic mass is 19.1. The Balaban J connectivity index is 1.71. The smallest absolute Gasteiger partial charge is 0.130 e. The van der Waals surface area contributed by atoms with Crippen LogP contribution in [0.15, 0.2) is 48.7 Å². The molecule has 3 rings (SSSR count). The average Bonchev–Trinajstić information content (AvgIpc) is 2.92. The van der Waals surface area contributed by atoms with Crippen LogP contribution >= 0.6 is 0 Å². The average molecular weight is 286 g/mol. The minimum absolute atomic E-state index is 0.190. The van der Waals surface area contributed by atoms with Crippen molar-refractivity contribution in [3.63, 3.8) is 0 Å². The second-order valence-corrected chi connectivity index (χ2v) is 5.17. The molecule has 2 nitrogen and oxygen atoms in total. The molecule has 0 saturated carbocycles. The van der Waals surface area contributed by atoms with Gasteiger partial charge in [-0.05, 0) is 36.1 Å². The van der Waals surface area contributed by atoms with Gasteiger partial charge in [0.05, 0.1) is 0 Å². The lowest BCUT2D eigenvalue weighted by Crippen LogP contribution is -2.19. The number of halogens is 2. The third-order valence-corrected chi connectivity index (χ3v) is 3.66. The number of hydrogen-bond donors (Lipinski definition) is 2. The van der Waals surface area contributed by atoms with Crippen LogP contribution in [-0.4, -0.2) is 4.98 Å². The molecule has 0 aliphatic carbocycles. The van der Waals surface area contributed by atoms with Crippen LogP contribution < -0.4 is 5.32 Å². The first kappa shape index (κ1) is 13.8. The van der Waals surface area contributed by atoms with Crippen molar-refractivity contribution in [2.45, 2.75) is 19.5 Å². The van der Waals surface area contributed by atoms with Crippen molar-refractivity contribution in [1.82, 2.24) is 10.3 Å². The van der Waals surface area contributed by atoms with Gasteiger partial charge in [0.2, 0.25) is 0 Å². The van der Waals surface area contributed by atoms with Crippen LogP contribution in [0.5, 0.6) is 0 Å². The molecule has 3 aromatic rings. The maximum atomic E-state index is 13.7. The van der Waals surface area contributed by atoms with Gasteiger partial charge in [0.25, 0.3) is 0 Å². The fraction of sp³-hybridized carbons (Fsp3) is 0.176. The summed E-state index contributed by atoms with van der Waals surface area (Å²) < 4.78 is 26.6. The normalized spacial score (nSPS) is 12.7. The first-order valence-corrected chi connectivity index (χ1v) is 6.88. The van der Waals surface area contributed by atoms with Crippen LogP contribution in [0.1, 0.15) is 24.1 Å². The van der Waals surface area contributed by atoms with E-state index in [9.17, 15) is 8.78 Å². The molecule has 0 aliphatic heterocycles. The molecule has 108 valence electrons. The Kier molecular flexibility index (Phi) is 3.71. The molecule has 1 atom stereocenters. The molecule has 2 aromatic carbocycles. The summed E-state index contributed by atoms with van der Waals surface area (Å²) in [6, 6.07) is 11.7. The van der Waals surface area contributed by atoms with Gasteiger partial charge in [0.1, 0.15) is 11.6 Å². The van der Waals surface area contributed by atoms with E-state index in [1.807, 2.05) is 31.3 Å². The van der Waals surface area contributed by atoms with Crippen molar-refractivity contribution in [2.24, 2.45) is 0 Å². The van der Waals surface area contributed by atoms with Crippen molar-refractivity contribution >= 4 is 10.9 Å². The lowest BCUT2D eigenvalue weighted by Gasteiger charge is -2.15. The van der Waals surface area contributed by atoms with Crippen molar-refractivity contribution in [3.05, 3.63) is 71.4 Å². The molecule has 0 bridgehead atoms. The van der Waals surface area contributed by atoms with Gasteiger partial charge in [0.15, 0.2) is 0 Å². The largest absolute Gasteiger partial charge is 0.361 e. The van der Waals surface area contributed by atoms with Crippen molar-refractivity contribution in [2.75, 3.05) is 0 Å². The van der Waals surface area contributed by atoms with E-state index in [4.69, 9.17) is 0 Å². The summed E-state index contributed by atoms with van der Waals surface area (Å²) in [5, 5.41) is 4.42. The molecule has 1 heterocycles. The minimum Gasteiger partial charge on any atom is -0.361 e. The molecule has 0 fully saturated rings. The molecule has 0 saturated heterocycles. The predicted molar refractivity (Wildman–Crippen MR) is 79.9 cm³/mol. The number of benzene rings is 2. The van der Waals surface area contributed by atoms with Crippen LogP contribution in [0.2, 0.25) is 0 Å². The third-order valence-electron chi connectivity index (χ3n) is 3.66. The van der Waals surface area contributed by atoms with Crippen LogP contribution in [0.3, 0.4) is 0 Å². The molecule has 4 heteroatoms. The molecule has 0 aliphatic rings. The number of aromatic amines is 1. The summed E-state index contributed by atoms with van der Waals surface area (Å²) >= 11 is 0. The van der Waals surface area contributed by atoms with Gasteiger partial charge in [-0.1, -0.05) is 18.2 Å². The van der Waals surface area contributed by atoms with E-state index in [0.717, 1.165) is 22.5 Å². The standard InChI is InChI=1S/C17H16F2N2/c1-11(15-5-4-14(18)9-16(15)19)21-10-12-2-3-13-6-7-20-17(13)8-12/h2-9,11,20-21H,10H2,1H3. The Morgan fingerprint density at radius 1 is 1.10 bits per heavy atom. The van der Waals surface area contributed by atoms with E-state index in [1.165, 1.54) is 12.1 Å². The summed E-state index contributed by atoms with van der Waals surface area (Å²) in [7, 11) is 0. The Bertz CT molecular complexity index is 764. The van der Waals surface area contributed by atoms with E-state index in [-0.39, 0.29) is 6.04 Å². The molecule has 2 N–H and O–H groups in total. The molecule has 21 heavy (non-hydrogen) atoms. The van der Waals surface area contributed by atoms with Crippen molar-refractivity contribution in [3.8, 4) is 0 Å². The SMILES string of the molecule is CC(NCc1ccc2cc[nH]c2c1)c1ccc(F)cc1F. The second-order valence-electron chi connectivity index (χ2n) is 5.17. The van der Waals surface area contributed by atoms with Gasteiger partial charge >= 0.3 is 0 Å². The number of hydrogen-bond acceptors (Lipinski definition) is 1. The van der Waals surface area contributed by atoms with Crippen LogP contribution in [-0.2, 0) is 6.54 Å². The van der Waals surface area contributed by atoms with Gasteiger partial charge in [-0.2, -0.15) is 0 Å². The van der Waals surface area contributed by atoms with Crippen LogP contribution in [0.4, 0.5) is 8.78 Å². The lowest BCUT2D eigenvalue weighted by molar-refractivity contribution is 0.518. The number of fused-ring (bicyclic) bond motifs is 1. The lowest BCUT2D eigenvalue weighted by atomic mass is 10.1. The van der Waals surface area contributed by atoms with Crippen molar-refractivity contribution in [1.29, 1.82) is 0 Å². The number of aromatic nitrogens is 1. The van der Waals surface area contributed by atoms with E-state index in [2.05, 4.69) is 16.4 Å². The van der Waals surface area contributed by atoms with Gasteiger partial charge < -0.3 is 10.3 Å². The summed E-state index contributed by atoms with van der Waals surface area (Å²) in [5.41, 5.74) is 2.66. The summed E-state index contributed by atoms with van der Waals surface area (Å²) in [6.07, 6.45) is 1.90. The number of rotatable bonds is 4. The molecular formula is C17H16F2N2. The first-order valence-electron chi connectivity index (χ1n) is 6.88. The predicted octanol–water partition coefficient (Wildman–Crippen LogP) is 4.30. The minimum atomic E-state index is -0.555. The Morgan fingerprint density at radius 3 is 2.76 bits per heavy atom. The maximum absolute atomic E-state index is 13.7. The third kappa shape index (κ3) is 2.95. The Hall–Kier alpha value is -2.20. The van der Waals surface area contributed by atoms with E-state index in [1.54, 1.807) is 0 Å². The number of H-pyrrole nitrogens is 1. The van der Waals surface area contributed by atoms with E-state index >= 15 is 0 Å². The summed E-state index contributed by atoms with van der Waals surface area (Å²) in [6.45, 7) is 2.48. The zero-order valence-electron chi connectivity index (χ0n) is 11.7. The summed E-state index contributed by atoms with van der Waals surface area (Å²) in [4.78, 5) is 3.17. The Morgan fingerprint density at radius 2 is 1.95 bits per heavy atom. The van der Waals surface area contributed by atoms with Crippen LogP contribution in [0.25, 0.3) is 10.9 Å². The van der Waals surface area contributed by atoms with Gasteiger partial charge in [-0.3, -0.25) is 0 Å². The van der Waals surface area contributed by atoms with E-state index < -0.39 is 11.6 Å². The molecule has 0 amide bonds. The van der Waals surface area contributed by atoms with Crippen LogP contribution in [0, 0.1) is 11.6 Å². The fourth-order valence-electron chi connectivity index (χ4n) is 2.44. The highest BCUT2D eigenvalue weighted by Gasteiger charge is 2.11. The Labute approximate surface area is 121 Å². The van der Waals surface area contributed by atoms with E-state index in [0.29, 0.717) is 12.1 Å². The molecule has 0 radical (unpaired) electrons. The first-order chi connectivity index (χ1) is 10.1. The van der Waals surface area contributed by atoms with Gasteiger partial charge in [0, 0.05) is 35.9 Å². The van der Waals surface area contributed by atoms with Crippen molar-refractivity contribution < 1.29 is 8.78 Å². The zero-order valence-corrected chi connectivity index (χ0v) is 11.7. The topological polar surface area (TPSA) is 27.8 Å².